The zero-order chi connectivity index (χ0) is 8.72. The number of fused-ring (bicyclic) bond motifs is 1. The summed E-state index contributed by atoms with van der Waals surface area (Å²) in [6.45, 7) is 0. The highest BCUT2D eigenvalue weighted by atomic mass is 16.3. The van der Waals surface area contributed by atoms with Gasteiger partial charge >= 0.3 is 0 Å². The fourth-order valence-corrected chi connectivity index (χ4v) is 2.50. The second kappa shape index (κ2) is 2.73. The Morgan fingerprint density at radius 1 is 1.42 bits per heavy atom. The molecular weight excluding hydrogens is 154 g/mol. The van der Waals surface area contributed by atoms with Gasteiger partial charge < -0.3 is 10.0 Å². The Bertz CT molecular complexity index is 205. The third kappa shape index (κ3) is 0.959. The van der Waals surface area contributed by atoms with E-state index in [1.165, 1.54) is 11.3 Å². The standard InChI is InChI=1S/C9H15NO2/c1-10-8(11)6-4-2-3-5-7(6)9(10)12/h6-8,11H,2-5H2,1H3/t6-,7+,8+/m1/s1. The molecule has 0 aromatic rings. The van der Waals surface area contributed by atoms with Crippen LogP contribution in [0.2, 0.25) is 0 Å². The van der Waals surface area contributed by atoms with Crippen molar-refractivity contribution in [2.45, 2.75) is 31.9 Å². The number of rotatable bonds is 0. The lowest BCUT2D eigenvalue weighted by atomic mass is 9.81. The lowest BCUT2D eigenvalue weighted by Gasteiger charge is -2.24. The van der Waals surface area contributed by atoms with Crippen molar-refractivity contribution in [1.82, 2.24) is 4.90 Å². The first-order chi connectivity index (χ1) is 5.72. The van der Waals surface area contributed by atoms with Crippen molar-refractivity contribution in [3.63, 3.8) is 0 Å². The second-order valence-corrected chi connectivity index (χ2v) is 3.92. The highest BCUT2D eigenvalue weighted by molar-refractivity contribution is 5.81. The van der Waals surface area contributed by atoms with Crippen LogP contribution < -0.4 is 0 Å². The van der Waals surface area contributed by atoms with Crippen LogP contribution in [0.3, 0.4) is 0 Å². The minimum atomic E-state index is -0.511. The van der Waals surface area contributed by atoms with Gasteiger partial charge in [0.2, 0.25) is 5.91 Å². The Morgan fingerprint density at radius 2 is 2.08 bits per heavy atom. The molecular formula is C9H15NO2. The van der Waals surface area contributed by atoms with Crippen LogP contribution in [0.4, 0.5) is 0 Å². The van der Waals surface area contributed by atoms with Crippen LogP contribution in [-0.4, -0.2) is 29.2 Å². The Kier molecular flexibility index (Phi) is 1.83. The molecule has 0 bridgehead atoms. The molecule has 3 heteroatoms. The molecule has 1 aliphatic heterocycles. The summed E-state index contributed by atoms with van der Waals surface area (Å²) in [5, 5.41) is 9.67. The van der Waals surface area contributed by atoms with Gasteiger partial charge in [-0.3, -0.25) is 4.79 Å². The van der Waals surface area contributed by atoms with Crippen molar-refractivity contribution < 1.29 is 9.90 Å². The van der Waals surface area contributed by atoms with Crippen LogP contribution in [0.5, 0.6) is 0 Å². The first-order valence-corrected chi connectivity index (χ1v) is 4.66. The molecule has 3 nitrogen and oxygen atoms in total. The normalized spacial score (nSPS) is 41.7. The number of aliphatic hydroxyl groups excluding tert-OH is 1. The predicted molar refractivity (Wildman–Crippen MR) is 44.2 cm³/mol. The highest BCUT2D eigenvalue weighted by Gasteiger charge is 2.45. The molecule has 2 fully saturated rings. The first kappa shape index (κ1) is 8.05. The molecule has 0 radical (unpaired) electrons. The van der Waals surface area contributed by atoms with Gasteiger partial charge in [0, 0.05) is 18.9 Å². The summed E-state index contributed by atoms with van der Waals surface area (Å²) in [6, 6.07) is 0. The number of carbonyl (C=O) groups is 1. The number of aliphatic hydroxyl groups is 1. The summed E-state index contributed by atoms with van der Waals surface area (Å²) in [6.07, 6.45) is 3.79. The van der Waals surface area contributed by atoms with E-state index in [0.29, 0.717) is 0 Å². The van der Waals surface area contributed by atoms with E-state index in [9.17, 15) is 9.90 Å². The van der Waals surface area contributed by atoms with Crippen molar-refractivity contribution in [1.29, 1.82) is 0 Å². The maximum atomic E-state index is 11.5. The molecule has 1 N–H and O–H groups in total. The molecule has 0 unspecified atom stereocenters. The van der Waals surface area contributed by atoms with Crippen LogP contribution in [-0.2, 0) is 4.79 Å². The minimum absolute atomic E-state index is 0.124. The number of hydrogen-bond donors (Lipinski definition) is 1. The van der Waals surface area contributed by atoms with E-state index >= 15 is 0 Å². The van der Waals surface area contributed by atoms with Gasteiger partial charge in [0.05, 0.1) is 0 Å². The molecule has 2 rings (SSSR count). The molecule has 2 aliphatic rings. The van der Waals surface area contributed by atoms with Gasteiger partial charge in [-0.25, -0.2) is 0 Å². The van der Waals surface area contributed by atoms with Crippen molar-refractivity contribution in [2.24, 2.45) is 11.8 Å². The number of carbonyl (C=O) groups excluding carboxylic acids is 1. The Morgan fingerprint density at radius 3 is 2.75 bits per heavy atom. The van der Waals surface area contributed by atoms with Gasteiger partial charge in [-0.15, -0.1) is 0 Å². The third-order valence-corrected chi connectivity index (χ3v) is 3.26. The van der Waals surface area contributed by atoms with Crippen LogP contribution >= 0.6 is 0 Å². The van der Waals surface area contributed by atoms with E-state index in [4.69, 9.17) is 0 Å². The van der Waals surface area contributed by atoms with E-state index in [1.807, 2.05) is 0 Å². The molecule has 1 amide bonds. The van der Waals surface area contributed by atoms with Crippen molar-refractivity contribution in [3.05, 3.63) is 0 Å². The topological polar surface area (TPSA) is 40.5 Å². The van der Waals surface area contributed by atoms with E-state index in [-0.39, 0.29) is 17.7 Å². The van der Waals surface area contributed by atoms with Crippen LogP contribution in [0.25, 0.3) is 0 Å². The number of likely N-dealkylation sites (tertiary alicyclic amines) is 1. The van der Waals surface area contributed by atoms with E-state index in [0.717, 1.165) is 19.3 Å². The van der Waals surface area contributed by atoms with Gasteiger partial charge in [0.25, 0.3) is 0 Å². The maximum Gasteiger partial charge on any atom is 0.227 e. The van der Waals surface area contributed by atoms with E-state index in [1.54, 1.807) is 7.05 Å². The summed E-state index contributed by atoms with van der Waals surface area (Å²) in [5.74, 6) is 0.488. The highest BCUT2D eigenvalue weighted by Crippen LogP contribution is 2.39. The predicted octanol–water partition coefficient (Wildman–Crippen LogP) is 0.583. The molecule has 0 aromatic heterocycles. The van der Waals surface area contributed by atoms with E-state index < -0.39 is 6.23 Å². The molecule has 12 heavy (non-hydrogen) atoms. The zero-order valence-electron chi connectivity index (χ0n) is 7.36. The minimum Gasteiger partial charge on any atom is -0.373 e. The number of nitrogens with zero attached hydrogens (tertiary/aromatic N) is 1. The van der Waals surface area contributed by atoms with Crippen LogP contribution in [0.1, 0.15) is 25.7 Å². The van der Waals surface area contributed by atoms with Gasteiger partial charge in [0.1, 0.15) is 6.23 Å². The zero-order valence-corrected chi connectivity index (χ0v) is 7.36. The summed E-state index contributed by atoms with van der Waals surface area (Å²) >= 11 is 0. The molecule has 3 atom stereocenters. The SMILES string of the molecule is CN1C(=O)[C@H]2CCCC[C@H]2[C@@H]1O. The molecule has 68 valence electrons. The van der Waals surface area contributed by atoms with Gasteiger partial charge in [-0.2, -0.15) is 0 Å². The van der Waals surface area contributed by atoms with E-state index in [2.05, 4.69) is 0 Å². The monoisotopic (exact) mass is 169 g/mol. The van der Waals surface area contributed by atoms with Crippen molar-refractivity contribution >= 4 is 5.91 Å². The molecule has 1 aliphatic carbocycles. The summed E-state index contributed by atoms with van der Waals surface area (Å²) in [4.78, 5) is 13.0. The molecule has 1 saturated heterocycles. The van der Waals surface area contributed by atoms with Crippen LogP contribution in [0.15, 0.2) is 0 Å². The third-order valence-electron chi connectivity index (χ3n) is 3.26. The van der Waals surface area contributed by atoms with Gasteiger partial charge in [-0.05, 0) is 12.8 Å². The van der Waals surface area contributed by atoms with Gasteiger partial charge in [0.15, 0.2) is 0 Å². The van der Waals surface area contributed by atoms with Gasteiger partial charge in [-0.1, -0.05) is 12.8 Å². The lowest BCUT2D eigenvalue weighted by Crippen LogP contribution is -2.31. The summed E-state index contributed by atoms with van der Waals surface area (Å²) < 4.78 is 0. The van der Waals surface area contributed by atoms with Crippen LogP contribution in [0, 0.1) is 11.8 Å². The summed E-state index contributed by atoms with van der Waals surface area (Å²) in [5.41, 5.74) is 0. The van der Waals surface area contributed by atoms with Crippen molar-refractivity contribution in [3.8, 4) is 0 Å². The quantitative estimate of drug-likeness (QED) is 0.576. The average molecular weight is 169 g/mol. The molecule has 1 saturated carbocycles. The molecule has 0 spiro atoms. The number of amides is 1. The lowest BCUT2D eigenvalue weighted by molar-refractivity contribution is -0.133. The number of hydrogen-bond acceptors (Lipinski definition) is 2. The first-order valence-electron chi connectivity index (χ1n) is 4.66. The fraction of sp³-hybridized carbons (Fsp3) is 0.889. The Balaban J connectivity index is 2.19. The average Bonchev–Trinajstić information content (AvgIpc) is 2.33. The second-order valence-electron chi connectivity index (χ2n) is 3.92. The molecule has 0 aromatic carbocycles. The Hall–Kier alpha value is -0.570. The summed E-state index contributed by atoms with van der Waals surface area (Å²) in [7, 11) is 1.70. The Labute approximate surface area is 72.4 Å². The van der Waals surface area contributed by atoms with Crippen molar-refractivity contribution in [2.75, 3.05) is 7.05 Å². The molecule has 1 heterocycles. The maximum absolute atomic E-state index is 11.5. The smallest absolute Gasteiger partial charge is 0.227 e. The largest absolute Gasteiger partial charge is 0.373 e. The fourth-order valence-electron chi connectivity index (χ4n) is 2.50.